The first-order chi connectivity index (χ1) is 20.2. The molecule has 1 saturated carbocycles. The van der Waals surface area contributed by atoms with E-state index >= 15 is 0 Å². The van der Waals surface area contributed by atoms with Crippen molar-refractivity contribution in [3.63, 3.8) is 0 Å². The van der Waals surface area contributed by atoms with Gasteiger partial charge >= 0.3 is 12.0 Å². The lowest BCUT2D eigenvalue weighted by Gasteiger charge is -2.33. The number of carbonyl (C=O) groups excluding carboxylic acids is 3. The van der Waals surface area contributed by atoms with Crippen LogP contribution in [0.5, 0.6) is 5.75 Å². The Morgan fingerprint density at radius 2 is 1.33 bits per heavy atom. The van der Waals surface area contributed by atoms with Crippen molar-refractivity contribution in [2.45, 2.75) is 71.3 Å². The zero-order valence-electron chi connectivity index (χ0n) is 25.2. The Kier molecular flexibility index (Phi) is 9.88. The van der Waals surface area contributed by atoms with E-state index in [-0.39, 0.29) is 5.56 Å². The molecule has 222 valence electrons. The number of anilines is 2. The van der Waals surface area contributed by atoms with Crippen molar-refractivity contribution in [2.24, 2.45) is 0 Å². The van der Waals surface area contributed by atoms with Crippen LogP contribution >= 0.6 is 0 Å². The Balaban J connectivity index is 1.69. The van der Waals surface area contributed by atoms with Crippen molar-refractivity contribution in [3.05, 3.63) is 76.9 Å². The number of hydrogen-bond donors (Lipinski definition) is 3. The van der Waals surface area contributed by atoms with Gasteiger partial charge in [0.2, 0.25) is 0 Å². The summed E-state index contributed by atoms with van der Waals surface area (Å²) in [6.45, 7) is 5.90. The average molecular weight is 572 g/mol. The molecule has 0 aromatic heterocycles. The summed E-state index contributed by atoms with van der Waals surface area (Å²) >= 11 is 0. The first-order valence-corrected chi connectivity index (χ1v) is 14.5. The fourth-order valence-electron chi connectivity index (χ4n) is 5.82. The van der Waals surface area contributed by atoms with E-state index in [1.165, 1.54) is 7.11 Å². The number of benzene rings is 3. The van der Waals surface area contributed by atoms with Gasteiger partial charge in [-0.1, -0.05) is 68.0 Å². The SMILES string of the molecule is COC(=O)C1(NC(=O)c2ccc(-c3ccc(OC)cc3)cc2NC(=O)Nc2c(C)cc(C)cc2C)CCCCCCC1. The van der Waals surface area contributed by atoms with Crippen molar-refractivity contribution in [1.29, 1.82) is 0 Å². The van der Waals surface area contributed by atoms with Crippen LogP contribution in [0.1, 0.15) is 72.0 Å². The third kappa shape index (κ3) is 7.11. The van der Waals surface area contributed by atoms with Crippen molar-refractivity contribution in [1.82, 2.24) is 5.32 Å². The summed E-state index contributed by atoms with van der Waals surface area (Å²) in [5.41, 5.74) is 4.87. The van der Waals surface area contributed by atoms with Gasteiger partial charge in [0.05, 0.1) is 25.5 Å². The average Bonchev–Trinajstić information content (AvgIpc) is 2.96. The van der Waals surface area contributed by atoms with E-state index in [9.17, 15) is 14.4 Å². The molecule has 0 heterocycles. The van der Waals surface area contributed by atoms with Gasteiger partial charge in [0.25, 0.3) is 5.91 Å². The molecular weight excluding hydrogens is 530 g/mol. The van der Waals surface area contributed by atoms with E-state index in [2.05, 4.69) is 16.0 Å². The van der Waals surface area contributed by atoms with E-state index in [1.54, 1.807) is 19.2 Å². The molecule has 3 aromatic rings. The van der Waals surface area contributed by atoms with Crippen molar-refractivity contribution >= 4 is 29.3 Å². The van der Waals surface area contributed by atoms with Gasteiger partial charge in [0.15, 0.2) is 0 Å². The molecule has 1 aliphatic rings. The van der Waals surface area contributed by atoms with Crippen LogP contribution in [0.2, 0.25) is 0 Å². The molecule has 1 aliphatic carbocycles. The molecule has 8 nitrogen and oxygen atoms in total. The minimum atomic E-state index is -1.11. The van der Waals surface area contributed by atoms with Crippen LogP contribution in [0.4, 0.5) is 16.2 Å². The Morgan fingerprint density at radius 3 is 1.93 bits per heavy atom. The van der Waals surface area contributed by atoms with Gasteiger partial charge in [-0.2, -0.15) is 0 Å². The van der Waals surface area contributed by atoms with Crippen LogP contribution in [0, 0.1) is 20.8 Å². The van der Waals surface area contributed by atoms with Crippen LogP contribution in [0.3, 0.4) is 0 Å². The van der Waals surface area contributed by atoms with Gasteiger partial charge in [-0.25, -0.2) is 9.59 Å². The largest absolute Gasteiger partial charge is 0.497 e. The standard InChI is InChI=1S/C34H41N3O5/c1-22-19-23(2)30(24(3)20-22)36-33(40)35-29-21-26(25-11-14-27(41-4)15-12-25)13-16-28(29)31(38)37-34(32(39)42-5)17-9-7-6-8-10-18-34/h11-16,19-21H,6-10,17-18H2,1-5H3,(H,37,38)(H2,35,36,40). The zero-order chi connectivity index (χ0) is 30.3. The molecule has 0 spiro atoms. The summed E-state index contributed by atoms with van der Waals surface area (Å²) < 4.78 is 10.5. The lowest BCUT2D eigenvalue weighted by atomic mass is 9.83. The highest BCUT2D eigenvalue weighted by Crippen LogP contribution is 2.31. The summed E-state index contributed by atoms with van der Waals surface area (Å²) in [4.78, 5) is 40.2. The molecule has 3 aromatic carbocycles. The van der Waals surface area contributed by atoms with Crippen LogP contribution in [0.25, 0.3) is 11.1 Å². The molecule has 0 saturated heterocycles. The minimum Gasteiger partial charge on any atom is -0.497 e. The third-order valence-corrected chi connectivity index (χ3v) is 7.99. The summed E-state index contributed by atoms with van der Waals surface area (Å²) in [7, 11) is 2.96. The van der Waals surface area contributed by atoms with Crippen molar-refractivity contribution < 1.29 is 23.9 Å². The predicted molar refractivity (Wildman–Crippen MR) is 166 cm³/mol. The molecule has 0 unspecified atom stereocenters. The van der Waals surface area contributed by atoms with E-state index in [0.717, 1.165) is 71.4 Å². The van der Waals surface area contributed by atoms with Crippen LogP contribution < -0.4 is 20.7 Å². The monoisotopic (exact) mass is 571 g/mol. The van der Waals surface area contributed by atoms with Gasteiger partial charge in [0.1, 0.15) is 11.3 Å². The maximum atomic E-state index is 13.9. The van der Waals surface area contributed by atoms with E-state index in [4.69, 9.17) is 9.47 Å². The number of nitrogens with one attached hydrogen (secondary N) is 3. The number of ether oxygens (including phenoxy) is 2. The van der Waals surface area contributed by atoms with Crippen LogP contribution in [0.15, 0.2) is 54.6 Å². The lowest BCUT2D eigenvalue weighted by Crippen LogP contribution is -2.55. The van der Waals surface area contributed by atoms with Gasteiger partial charge < -0.3 is 25.4 Å². The first-order valence-electron chi connectivity index (χ1n) is 14.5. The van der Waals surface area contributed by atoms with Crippen LogP contribution in [-0.2, 0) is 9.53 Å². The molecule has 1 fully saturated rings. The second-order valence-electron chi connectivity index (χ2n) is 11.1. The van der Waals surface area contributed by atoms with Crippen LogP contribution in [-0.4, -0.2) is 37.7 Å². The highest BCUT2D eigenvalue weighted by atomic mass is 16.5. The molecule has 0 atom stereocenters. The Bertz CT molecular complexity index is 1420. The van der Waals surface area contributed by atoms with Gasteiger partial charge in [-0.15, -0.1) is 0 Å². The molecule has 0 aliphatic heterocycles. The smallest absolute Gasteiger partial charge is 0.331 e. The fourth-order valence-corrected chi connectivity index (χ4v) is 5.82. The van der Waals surface area contributed by atoms with Crippen molar-refractivity contribution in [3.8, 4) is 16.9 Å². The highest BCUT2D eigenvalue weighted by Gasteiger charge is 2.41. The molecule has 0 bridgehead atoms. The maximum Gasteiger partial charge on any atom is 0.331 e. The van der Waals surface area contributed by atoms with E-state index in [0.29, 0.717) is 18.5 Å². The zero-order valence-corrected chi connectivity index (χ0v) is 25.2. The number of rotatable bonds is 7. The number of methoxy groups -OCH3 is 2. The molecule has 42 heavy (non-hydrogen) atoms. The normalized spacial score (nSPS) is 14.6. The number of carbonyl (C=O) groups is 3. The number of esters is 1. The number of urea groups is 1. The molecule has 0 radical (unpaired) electrons. The maximum absolute atomic E-state index is 13.9. The Hall–Kier alpha value is -4.33. The topological polar surface area (TPSA) is 106 Å². The number of aryl methyl sites for hydroxylation is 3. The first kappa shape index (κ1) is 30.6. The highest BCUT2D eigenvalue weighted by molar-refractivity contribution is 6.08. The van der Waals surface area contributed by atoms with Gasteiger partial charge in [-0.3, -0.25) is 4.79 Å². The second-order valence-corrected chi connectivity index (χ2v) is 11.1. The fraction of sp³-hybridized carbons (Fsp3) is 0.382. The van der Waals surface area contributed by atoms with Crippen molar-refractivity contribution in [2.75, 3.05) is 24.9 Å². The molecule has 3 N–H and O–H groups in total. The molecular formula is C34H41N3O5. The summed E-state index contributed by atoms with van der Waals surface area (Å²) in [5.74, 6) is -0.158. The third-order valence-electron chi connectivity index (χ3n) is 7.99. The van der Waals surface area contributed by atoms with Gasteiger partial charge in [0, 0.05) is 5.69 Å². The molecule has 4 rings (SSSR count). The lowest BCUT2D eigenvalue weighted by molar-refractivity contribution is -0.149. The quantitative estimate of drug-likeness (QED) is 0.258. The number of amides is 3. The summed E-state index contributed by atoms with van der Waals surface area (Å²) in [6, 6.07) is 16.4. The summed E-state index contributed by atoms with van der Waals surface area (Å²) in [5, 5.41) is 8.89. The van der Waals surface area contributed by atoms with E-state index < -0.39 is 23.4 Å². The Labute approximate surface area is 248 Å². The minimum absolute atomic E-state index is 0.255. The second kappa shape index (κ2) is 13.6. The molecule has 8 heteroatoms. The summed E-state index contributed by atoms with van der Waals surface area (Å²) in [6.07, 6.45) is 5.74. The van der Waals surface area contributed by atoms with E-state index in [1.807, 2.05) is 63.2 Å². The predicted octanol–water partition coefficient (Wildman–Crippen LogP) is 7.32. The van der Waals surface area contributed by atoms with Gasteiger partial charge in [-0.05, 0) is 80.1 Å². The number of hydrogen-bond acceptors (Lipinski definition) is 5. The Morgan fingerprint density at radius 1 is 0.738 bits per heavy atom. The molecule has 3 amide bonds.